The SMILES string of the molecule is CC(C)CCCOC1=C2CCCC(C=C1)C2=O. The van der Waals surface area contributed by atoms with Crippen molar-refractivity contribution >= 4 is 5.78 Å². The molecule has 0 aromatic heterocycles. The molecule has 1 unspecified atom stereocenters. The maximum absolute atomic E-state index is 12.0. The number of hydrogen-bond donors (Lipinski definition) is 0. The van der Waals surface area contributed by atoms with Crippen LogP contribution in [-0.2, 0) is 9.53 Å². The number of fused-ring (bicyclic) bond motifs is 2. The highest BCUT2D eigenvalue weighted by molar-refractivity contribution is 6.00. The van der Waals surface area contributed by atoms with E-state index in [-0.39, 0.29) is 5.92 Å². The topological polar surface area (TPSA) is 26.3 Å². The van der Waals surface area contributed by atoms with E-state index in [4.69, 9.17) is 4.74 Å². The standard InChI is InChI=1S/C15H22O2/c1-11(2)5-4-10-17-14-9-8-12-6-3-7-13(14)15(12)16/h8-9,11-12H,3-7,10H2,1-2H3. The van der Waals surface area contributed by atoms with Crippen molar-refractivity contribution in [2.75, 3.05) is 6.61 Å². The first-order chi connectivity index (χ1) is 8.18. The van der Waals surface area contributed by atoms with E-state index in [9.17, 15) is 4.79 Å². The van der Waals surface area contributed by atoms with Gasteiger partial charge in [0, 0.05) is 11.5 Å². The fourth-order valence-electron chi connectivity index (χ4n) is 2.52. The van der Waals surface area contributed by atoms with E-state index in [0.717, 1.165) is 49.5 Å². The van der Waals surface area contributed by atoms with Crippen LogP contribution in [0.1, 0.15) is 46.0 Å². The summed E-state index contributed by atoms with van der Waals surface area (Å²) in [6.07, 6.45) is 9.31. The minimum Gasteiger partial charge on any atom is -0.493 e. The van der Waals surface area contributed by atoms with Crippen LogP contribution in [0, 0.1) is 11.8 Å². The predicted octanol–water partition coefficient (Wildman–Crippen LogP) is 3.63. The fourth-order valence-corrected chi connectivity index (χ4v) is 2.52. The van der Waals surface area contributed by atoms with Crippen molar-refractivity contribution in [2.45, 2.75) is 46.0 Å². The summed E-state index contributed by atoms with van der Waals surface area (Å²) in [5.41, 5.74) is 0.938. The van der Waals surface area contributed by atoms with Crippen molar-refractivity contribution in [2.24, 2.45) is 11.8 Å². The summed E-state index contributed by atoms with van der Waals surface area (Å²) in [6, 6.07) is 0. The Bertz CT molecular complexity index is 350. The lowest BCUT2D eigenvalue weighted by molar-refractivity contribution is -0.119. The molecule has 0 aromatic carbocycles. The highest BCUT2D eigenvalue weighted by Gasteiger charge is 2.30. The van der Waals surface area contributed by atoms with Gasteiger partial charge in [-0.25, -0.2) is 0 Å². The van der Waals surface area contributed by atoms with E-state index >= 15 is 0 Å². The van der Waals surface area contributed by atoms with Crippen LogP contribution in [0.3, 0.4) is 0 Å². The Hall–Kier alpha value is -1.05. The predicted molar refractivity (Wildman–Crippen MR) is 68.5 cm³/mol. The number of ether oxygens (including phenoxy) is 1. The first-order valence-electron chi connectivity index (χ1n) is 6.77. The first kappa shape index (κ1) is 12.4. The fraction of sp³-hybridized carbons (Fsp3) is 0.667. The lowest BCUT2D eigenvalue weighted by atomic mass is 9.80. The van der Waals surface area contributed by atoms with E-state index in [0.29, 0.717) is 5.78 Å². The Morgan fingerprint density at radius 1 is 1.47 bits per heavy atom. The number of allylic oxidation sites excluding steroid dienone is 3. The zero-order chi connectivity index (χ0) is 12.3. The molecule has 0 amide bonds. The van der Waals surface area contributed by atoms with E-state index < -0.39 is 0 Å². The normalized spacial score (nSPS) is 23.5. The van der Waals surface area contributed by atoms with Crippen LogP contribution in [-0.4, -0.2) is 12.4 Å². The van der Waals surface area contributed by atoms with Crippen LogP contribution in [0.15, 0.2) is 23.5 Å². The Labute approximate surface area is 104 Å². The van der Waals surface area contributed by atoms with Crippen molar-refractivity contribution in [3.63, 3.8) is 0 Å². The van der Waals surface area contributed by atoms with Crippen LogP contribution in [0.25, 0.3) is 0 Å². The van der Waals surface area contributed by atoms with Gasteiger partial charge in [-0.05, 0) is 44.1 Å². The van der Waals surface area contributed by atoms with Crippen LogP contribution in [0.2, 0.25) is 0 Å². The molecule has 2 bridgehead atoms. The van der Waals surface area contributed by atoms with Gasteiger partial charge in [0.05, 0.1) is 6.61 Å². The molecule has 0 saturated heterocycles. The summed E-state index contributed by atoms with van der Waals surface area (Å²) in [5.74, 6) is 2.01. The van der Waals surface area contributed by atoms with Crippen molar-refractivity contribution < 1.29 is 9.53 Å². The molecule has 2 rings (SSSR count). The number of rotatable bonds is 5. The molecular formula is C15H22O2. The zero-order valence-corrected chi connectivity index (χ0v) is 10.9. The van der Waals surface area contributed by atoms with Crippen molar-refractivity contribution in [1.29, 1.82) is 0 Å². The minimum atomic E-state index is 0.141. The molecule has 2 heteroatoms. The lowest BCUT2D eigenvalue weighted by Crippen LogP contribution is -2.24. The van der Waals surface area contributed by atoms with Gasteiger partial charge in [0.1, 0.15) is 5.76 Å². The quantitative estimate of drug-likeness (QED) is 0.679. The van der Waals surface area contributed by atoms with Crippen LogP contribution in [0.5, 0.6) is 0 Å². The van der Waals surface area contributed by atoms with Crippen molar-refractivity contribution in [1.82, 2.24) is 0 Å². The molecule has 1 fully saturated rings. The molecule has 2 aliphatic rings. The lowest BCUT2D eigenvalue weighted by Gasteiger charge is -2.26. The van der Waals surface area contributed by atoms with Gasteiger partial charge >= 0.3 is 0 Å². The summed E-state index contributed by atoms with van der Waals surface area (Å²) in [7, 11) is 0. The Balaban J connectivity index is 1.89. The summed E-state index contributed by atoms with van der Waals surface area (Å²) < 4.78 is 5.76. The molecular weight excluding hydrogens is 212 g/mol. The average Bonchev–Trinajstić information content (AvgIpc) is 2.26. The average molecular weight is 234 g/mol. The van der Waals surface area contributed by atoms with E-state index in [1.807, 2.05) is 12.2 Å². The third-order valence-electron chi connectivity index (χ3n) is 3.54. The highest BCUT2D eigenvalue weighted by Crippen LogP contribution is 2.33. The molecule has 2 aliphatic carbocycles. The van der Waals surface area contributed by atoms with E-state index in [1.165, 1.54) is 6.42 Å². The number of ketones is 1. The van der Waals surface area contributed by atoms with E-state index in [1.54, 1.807) is 0 Å². The maximum Gasteiger partial charge on any atom is 0.169 e. The molecule has 0 heterocycles. The number of carbonyl (C=O) groups excluding carboxylic acids is 1. The van der Waals surface area contributed by atoms with Gasteiger partial charge in [0.2, 0.25) is 0 Å². The molecule has 0 aliphatic heterocycles. The minimum absolute atomic E-state index is 0.141. The van der Waals surface area contributed by atoms with Crippen molar-refractivity contribution in [3.05, 3.63) is 23.5 Å². The highest BCUT2D eigenvalue weighted by atomic mass is 16.5. The van der Waals surface area contributed by atoms with Gasteiger partial charge in [-0.3, -0.25) is 4.79 Å². The summed E-state index contributed by atoms with van der Waals surface area (Å²) in [4.78, 5) is 12.0. The first-order valence-corrected chi connectivity index (χ1v) is 6.77. The van der Waals surface area contributed by atoms with Gasteiger partial charge in [-0.1, -0.05) is 19.9 Å². The van der Waals surface area contributed by atoms with Crippen LogP contribution < -0.4 is 0 Å². The van der Waals surface area contributed by atoms with Gasteiger partial charge in [0.15, 0.2) is 5.78 Å². The second kappa shape index (κ2) is 5.52. The Morgan fingerprint density at radius 2 is 2.29 bits per heavy atom. The van der Waals surface area contributed by atoms with Gasteiger partial charge in [0.25, 0.3) is 0 Å². The zero-order valence-electron chi connectivity index (χ0n) is 10.9. The molecule has 94 valence electrons. The molecule has 1 saturated carbocycles. The number of carbonyl (C=O) groups is 1. The number of hydrogen-bond acceptors (Lipinski definition) is 2. The molecule has 0 radical (unpaired) electrons. The number of Topliss-reactive ketones (excluding diaryl/α,β-unsaturated/α-hetero) is 1. The van der Waals surface area contributed by atoms with Crippen LogP contribution >= 0.6 is 0 Å². The van der Waals surface area contributed by atoms with Gasteiger partial charge in [-0.2, -0.15) is 0 Å². The third kappa shape index (κ3) is 2.99. The largest absolute Gasteiger partial charge is 0.493 e. The molecule has 0 spiro atoms. The summed E-state index contributed by atoms with van der Waals surface area (Å²) >= 11 is 0. The maximum atomic E-state index is 12.0. The smallest absolute Gasteiger partial charge is 0.169 e. The molecule has 17 heavy (non-hydrogen) atoms. The Morgan fingerprint density at radius 3 is 3.06 bits per heavy atom. The van der Waals surface area contributed by atoms with Gasteiger partial charge < -0.3 is 4.74 Å². The molecule has 0 aromatic rings. The Kier molecular flexibility index (Phi) is 4.03. The molecule has 2 nitrogen and oxygen atoms in total. The monoisotopic (exact) mass is 234 g/mol. The summed E-state index contributed by atoms with van der Waals surface area (Å²) in [6.45, 7) is 5.18. The third-order valence-corrected chi connectivity index (χ3v) is 3.54. The van der Waals surface area contributed by atoms with Crippen molar-refractivity contribution in [3.8, 4) is 0 Å². The van der Waals surface area contributed by atoms with Gasteiger partial charge in [-0.15, -0.1) is 0 Å². The second-order valence-corrected chi connectivity index (χ2v) is 5.45. The van der Waals surface area contributed by atoms with E-state index in [2.05, 4.69) is 13.8 Å². The van der Waals surface area contributed by atoms with Crippen LogP contribution in [0.4, 0.5) is 0 Å². The molecule has 0 N–H and O–H groups in total. The summed E-state index contributed by atoms with van der Waals surface area (Å²) in [5, 5.41) is 0. The second-order valence-electron chi connectivity index (χ2n) is 5.45. The molecule has 1 atom stereocenters.